The normalized spacial score (nSPS) is 12.3. The van der Waals surface area contributed by atoms with Crippen molar-refractivity contribution in [3.63, 3.8) is 0 Å². The lowest BCUT2D eigenvalue weighted by Crippen LogP contribution is -2.22. The topological polar surface area (TPSA) is 113 Å². The molecule has 0 saturated carbocycles. The van der Waals surface area contributed by atoms with E-state index < -0.39 is 33.0 Å². The van der Waals surface area contributed by atoms with Crippen LogP contribution in [0.15, 0.2) is 47.4 Å². The maximum absolute atomic E-state index is 12.5. The third-order valence-corrected chi connectivity index (χ3v) is 4.98. The van der Waals surface area contributed by atoms with E-state index >= 15 is 0 Å². The van der Waals surface area contributed by atoms with Crippen molar-refractivity contribution in [1.82, 2.24) is 0 Å². The predicted molar refractivity (Wildman–Crippen MR) is 94.4 cm³/mol. The van der Waals surface area contributed by atoms with Crippen molar-refractivity contribution in [3.05, 3.63) is 63.6 Å². The number of esters is 2. The predicted octanol–water partition coefficient (Wildman–Crippen LogP) is 2.71. The Morgan fingerprint density at radius 3 is 2.23 bits per heavy atom. The van der Waals surface area contributed by atoms with Crippen LogP contribution in [0.5, 0.6) is 0 Å². The number of benzene rings is 2. The maximum atomic E-state index is 12.5. The molecule has 0 aromatic heterocycles. The van der Waals surface area contributed by atoms with Crippen molar-refractivity contribution in [2.45, 2.75) is 11.0 Å². The highest BCUT2D eigenvalue weighted by Gasteiger charge is 2.28. The molecule has 2 aromatic rings. The fourth-order valence-electron chi connectivity index (χ4n) is 2.06. The summed E-state index contributed by atoms with van der Waals surface area (Å²) in [4.78, 5) is 23.9. The maximum Gasteiger partial charge on any atom is 0.351 e. The SMILES string of the molecule is COC(=O)[C@H](OC(=O)c1cc(S(N)(=O)=O)c(Cl)cc1Cl)c1ccccc1. The Labute approximate surface area is 159 Å². The molecule has 2 N–H and O–H groups in total. The average Bonchev–Trinajstić information content (AvgIpc) is 2.58. The van der Waals surface area contributed by atoms with Crippen molar-refractivity contribution in [2.24, 2.45) is 5.14 Å². The Morgan fingerprint density at radius 1 is 1.08 bits per heavy atom. The number of hydrogen-bond acceptors (Lipinski definition) is 6. The Hall–Kier alpha value is -2.13. The molecule has 26 heavy (non-hydrogen) atoms. The minimum absolute atomic E-state index is 0.163. The van der Waals surface area contributed by atoms with Crippen LogP contribution < -0.4 is 5.14 Å². The summed E-state index contributed by atoms with van der Waals surface area (Å²) in [5.41, 5.74) is 0.0504. The van der Waals surface area contributed by atoms with Gasteiger partial charge in [-0.25, -0.2) is 23.1 Å². The summed E-state index contributed by atoms with van der Waals surface area (Å²) in [5.74, 6) is -1.86. The van der Waals surface area contributed by atoms with Crippen LogP contribution in [0.25, 0.3) is 0 Å². The van der Waals surface area contributed by atoms with E-state index in [4.69, 9.17) is 33.1 Å². The quantitative estimate of drug-likeness (QED) is 0.748. The number of sulfonamides is 1. The lowest BCUT2D eigenvalue weighted by molar-refractivity contribution is -0.151. The summed E-state index contributed by atoms with van der Waals surface area (Å²) in [6.07, 6.45) is -1.36. The van der Waals surface area contributed by atoms with Crippen LogP contribution in [0.4, 0.5) is 0 Å². The summed E-state index contributed by atoms with van der Waals surface area (Å²) in [6, 6.07) is 10.1. The first kappa shape index (κ1) is 20.2. The Kier molecular flexibility index (Phi) is 6.25. The molecule has 1 atom stereocenters. The molecule has 0 heterocycles. The highest BCUT2D eigenvalue weighted by atomic mass is 35.5. The van der Waals surface area contributed by atoms with E-state index in [1.165, 1.54) is 0 Å². The molecule has 10 heteroatoms. The van der Waals surface area contributed by atoms with E-state index in [-0.39, 0.29) is 15.6 Å². The van der Waals surface area contributed by atoms with Gasteiger partial charge in [0.2, 0.25) is 16.1 Å². The number of rotatable bonds is 5. The van der Waals surface area contributed by atoms with Gasteiger partial charge in [-0.05, 0) is 12.1 Å². The summed E-state index contributed by atoms with van der Waals surface area (Å²) in [6.45, 7) is 0. The number of halogens is 2. The summed E-state index contributed by atoms with van der Waals surface area (Å²) < 4.78 is 33.0. The molecule has 0 aliphatic heterocycles. The third-order valence-electron chi connectivity index (χ3n) is 3.29. The Morgan fingerprint density at radius 2 is 1.69 bits per heavy atom. The van der Waals surface area contributed by atoms with Gasteiger partial charge in [0.15, 0.2) is 0 Å². The number of carbonyl (C=O) groups excluding carboxylic acids is 2. The first-order valence-corrected chi connectivity index (χ1v) is 9.31. The van der Waals surface area contributed by atoms with Gasteiger partial charge in [0, 0.05) is 5.56 Å². The van der Waals surface area contributed by atoms with Crippen LogP contribution in [0, 0.1) is 0 Å². The smallest absolute Gasteiger partial charge is 0.351 e. The van der Waals surface area contributed by atoms with Crippen molar-refractivity contribution >= 4 is 45.2 Å². The molecule has 0 spiro atoms. The molecule has 2 aromatic carbocycles. The van der Waals surface area contributed by atoms with Gasteiger partial charge in [-0.15, -0.1) is 0 Å². The zero-order valence-electron chi connectivity index (χ0n) is 13.3. The van der Waals surface area contributed by atoms with E-state index in [2.05, 4.69) is 4.74 Å². The van der Waals surface area contributed by atoms with E-state index in [0.717, 1.165) is 19.2 Å². The molecule has 2 rings (SSSR count). The van der Waals surface area contributed by atoms with E-state index in [1.807, 2.05) is 0 Å². The second-order valence-electron chi connectivity index (χ2n) is 5.03. The molecule has 138 valence electrons. The first-order valence-electron chi connectivity index (χ1n) is 7.00. The van der Waals surface area contributed by atoms with Gasteiger partial charge in [-0.1, -0.05) is 53.5 Å². The molecule has 0 aliphatic carbocycles. The molecule has 0 radical (unpaired) electrons. The highest BCUT2D eigenvalue weighted by molar-refractivity contribution is 7.89. The van der Waals surface area contributed by atoms with Gasteiger partial charge >= 0.3 is 11.9 Å². The average molecular weight is 418 g/mol. The number of carbonyl (C=O) groups is 2. The number of hydrogen-bond donors (Lipinski definition) is 1. The van der Waals surface area contributed by atoms with Crippen LogP contribution in [-0.4, -0.2) is 27.5 Å². The van der Waals surface area contributed by atoms with E-state index in [0.29, 0.717) is 5.56 Å². The molecule has 0 fully saturated rings. The van der Waals surface area contributed by atoms with Crippen LogP contribution in [0.2, 0.25) is 10.0 Å². The van der Waals surface area contributed by atoms with Gasteiger partial charge in [0.25, 0.3) is 0 Å². The summed E-state index contributed by atoms with van der Waals surface area (Å²) >= 11 is 11.7. The number of methoxy groups -OCH3 is 1. The van der Waals surface area contributed by atoms with Crippen molar-refractivity contribution in [2.75, 3.05) is 7.11 Å². The van der Waals surface area contributed by atoms with Crippen LogP contribution >= 0.6 is 23.2 Å². The van der Waals surface area contributed by atoms with Gasteiger partial charge in [-0.2, -0.15) is 0 Å². The molecule has 7 nitrogen and oxygen atoms in total. The standard InChI is InChI=1S/C16H13Cl2NO6S/c1-24-16(21)14(9-5-3-2-4-6-9)25-15(20)10-7-13(26(19,22)23)12(18)8-11(10)17/h2-8,14H,1H3,(H2,19,22,23)/t14-/m1/s1. The second-order valence-corrected chi connectivity index (χ2v) is 7.37. The Bertz CT molecular complexity index is 947. The van der Waals surface area contributed by atoms with Gasteiger partial charge < -0.3 is 9.47 Å². The Balaban J connectivity index is 2.43. The molecule has 0 unspecified atom stereocenters. The third kappa shape index (κ3) is 4.53. The monoisotopic (exact) mass is 417 g/mol. The summed E-state index contributed by atoms with van der Waals surface area (Å²) in [5, 5.41) is 4.65. The minimum atomic E-state index is -4.20. The number of primary sulfonamides is 1. The van der Waals surface area contributed by atoms with Gasteiger partial charge in [0.1, 0.15) is 4.90 Å². The fourth-order valence-corrected chi connectivity index (χ4v) is 3.46. The molecular formula is C16H13Cl2NO6S. The molecular weight excluding hydrogens is 405 g/mol. The van der Waals surface area contributed by atoms with Crippen molar-refractivity contribution < 1.29 is 27.5 Å². The zero-order valence-corrected chi connectivity index (χ0v) is 15.6. The largest absolute Gasteiger partial charge is 0.466 e. The molecule has 0 aliphatic rings. The highest BCUT2D eigenvalue weighted by Crippen LogP contribution is 2.30. The first-order chi connectivity index (χ1) is 12.1. The lowest BCUT2D eigenvalue weighted by atomic mass is 10.1. The van der Waals surface area contributed by atoms with Crippen molar-refractivity contribution in [1.29, 1.82) is 0 Å². The van der Waals surface area contributed by atoms with Crippen LogP contribution in [0.3, 0.4) is 0 Å². The molecule has 0 saturated heterocycles. The number of ether oxygens (including phenoxy) is 2. The zero-order chi connectivity index (χ0) is 19.5. The molecule has 0 bridgehead atoms. The van der Waals surface area contributed by atoms with E-state index in [1.54, 1.807) is 30.3 Å². The van der Waals surface area contributed by atoms with Gasteiger partial charge in [0.05, 0.1) is 22.7 Å². The van der Waals surface area contributed by atoms with E-state index in [9.17, 15) is 18.0 Å². The minimum Gasteiger partial charge on any atom is -0.466 e. The number of nitrogens with two attached hydrogens (primary N) is 1. The van der Waals surface area contributed by atoms with Crippen molar-refractivity contribution in [3.8, 4) is 0 Å². The second kappa shape index (κ2) is 8.05. The lowest BCUT2D eigenvalue weighted by Gasteiger charge is -2.17. The van der Waals surface area contributed by atoms with Crippen LogP contribution in [-0.2, 0) is 24.3 Å². The summed E-state index contributed by atoms with van der Waals surface area (Å²) in [7, 11) is -3.06. The molecule has 0 amide bonds. The van der Waals surface area contributed by atoms with Crippen LogP contribution in [0.1, 0.15) is 22.0 Å². The van der Waals surface area contributed by atoms with Gasteiger partial charge in [-0.3, -0.25) is 0 Å². The fraction of sp³-hybridized carbons (Fsp3) is 0.125.